The van der Waals surface area contributed by atoms with Crippen LogP contribution in [0.15, 0.2) is 24.3 Å². The number of carbonyl (C=O) groups is 3. The summed E-state index contributed by atoms with van der Waals surface area (Å²) in [6.07, 6.45) is 4.41. The highest BCUT2D eigenvalue weighted by molar-refractivity contribution is 6.01. The van der Waals surface area contributed by atoms with Crippen LogP contribution in [0, 0.1) is 0 Å². The minimum atomic E-state index is -1.06. The van der Waals surface area contributed by atoms with Crippen LogP contribution in [0.2, 0.25) is 0 Å². The minimum absolute atomic E-state index is 0.0583. The van der Waals surface area contributed by atoms with Gasteiger partial charge in [-0.2, -0.15) is 0 Å². The van der Waals surface area contributed by atoms with Gasteiger partial charge in [0.1, 0.15) is 30.4 Å². The van der Waals surface area contributed by atoms with Gasteiger partial charge in [-0.25, -0.2) is 0 Å². The molecular formula is C26H35N3O5. The van der Waals surface area contributed by atoms with Crippen LogP contribution in [0.4, 0.5) is 0 Å². The van der Waals surface area contributed by atoms with Crippen LogP contribution in [0.5, 0.6) is 0 Å². The van der Waals surface area contributed by atoms with Gasteiger partial charge in [-0.1, -0.05) is 31.4 Å². The summed E-state index contributed by atoms with van der Waals surface area (Å²) in [4.78, 5) is 43.3. The molecule has 0 spiro atoms. The van der Waals surface area contributed by atoms with Crippen molar-refractivity contribution in [2.75, 3.05) is 33.3 Å². The van der Waals surface area contributed by atoms with Gasteiger partial charge in [0.15, 0.2) is 5.78 Å². The first kappa shape index (κ1) is 23.5. The van der Waals surface area contributed by atoms with Crippen molar-refractivity contribution >= 4 is 17.6 Å². The number of piperidine rings is 1. The van der Waals surface area contributed by atoms with Crippen molar-refractivity contribution in [1.82, 2.24) is 15.1 Å². The first-order valence-electron chi connectivity index (χ1n) is 12.6. The highest BCUT2D eigenvalue weighted by Gasteiger charge is 2.55. The lowest BCUT2D eigenvalue weighted by Gasteiger charge is -2.40. The lowest BCUT2D eigenvalue weighted by Crippen LogP contribution is -2.62. The SMILES string of the molecule is CN1CCC(c2ccc(C(=O)NC3(C(=O)N4C[C@H](O)[C@H]5OCC(=O)[C@H]54)CCCCC3)cc2)CC1. The molecule has 1 aromatic rings. The molecule has 1 aliphatic carbocycles. The quantitative estimate of drug-likeness (QED) is 0.693. The molecule has 3 aliphatic heterocycles. The van der Waals surface area contributed by atoms with E-state index in [4.69, 9.17) is 4.74 Å². The van der Waals surface area contributed by atoms with Gasteiger partial charge < -0.3 is 25.0 Å². The van der Waals surface area contributed by atoms with Crippen molar-refractivity contribution in [3.63, 3.8) is 0 Å². The molecule has 184 valence electrons. The molecule has 0 unspecified atom stereocenters. The van der Waals surface area contributed by atoms with E-state index in [2.05, 4.69) is 17.3 Å². The standard InChI is InChI=1S/C26H35N3O5/c1-28-13-9-18(10-14-28)17-5-7-19(8-6-17)24(32)27-26(11-3-2-4-12-26)25(33)29-15-20(30)23-22(29)21(31)16-34-23/h5-8,18,20,22-23,30H,2-4,9-16H2,1H3,(H,27,32)/t20-,22+,23+/m0/s1. The Hall–Kier alpha value is -2.29. The molecule has 5 rings (SSSR count). The molecule has 0 bridgehead atoms. The molecule has 1 aromatic carbocycles. The molecule has 0 radical (unpaired) electrons. The van der Waals surface area contributed by atoms with Crippen molar-refractivity contribution < 1.29 is 24.2 Å². The topological polar surface area (TPSA) is 99.2 Å². The number of fused-ring (bicyclic) bond motifs is 1. The van der Waals surface area contributed by atoms with E-state index in [1.165, 1.54) is 10.5 Å². The largest absolute Gasteiger partial charge is 0.388 e. The van der Waals surface area contributed by atoms with Crippen molar-refractivity contribution in [3.8, 4) is 0 Å². The van der Waals surface area contributed by atoms with E-state index in [-0.39, 0.29) is 30.7 Å². The van der Waals surface area contributed by atoms with Crippen LogP contribution >= 0.6 is 0 Å². The zero-order valence-electron chi connectivity index (χ0n) is 19.9. The molecule has 2 amide bonds. The highest BCUT2D eigenvalue weighted by atomic mass is 16.5. The van der Waals surface area contributed by atoms with Gasteiger partial charge in [-0.05, 0) is 69.4 Å². The third-order valence-electron chi connectivity index (χ3n) is 8.25. The molecule has 4 fully saturated rings. The molecule has 8 heteroatoms. The number of Topliss-reactive ketones (excluding diaryl/α,β-unsaturated/α-hetero) is 1. The Morgan fingerprint density at radius 3 is 2.44 bits per heavy atom. The average Bonchev–Trinajstić information content (AvgIpc) is 3.40. The van der Waals surface area contributed by atoms with Crippen molar-refractivity contribution in [3.05, 3.63) is 35.4 Å². The number of amides is 2. The summed E-state index contributed by atoms with van der Waals surface area (Å²) < 4.78 is 5.44. The number of aliphatic hydroxyl groups excluding tert-OH is 1. The van der Waals surface area contributed by atoms with Crippen LogP contribution < -0.4 is 5.32 Å². The number of β-amino-alcohol motifs (C(OH)–C–C–N with tert-alkyl or cyclic N) is 1. The third kappa shape index (κ3) is 4.27. The van der Waals surface area contributed by atoms with E-state index < -0.39 is 23.8 Å². The Labute approximate surface area is 200 Å². The smallest absolute Gasteiger partial charge is 0.252 e. The lowest BCUT2D eigenvalue weighted by molar-refractivity contribution is -0.143. The maximum Gasteiger partial charge on any atom is 0.252 e. The van der Waals surface area contributed by atoms with E-state index in [9.17, 15) is 19.5 Å². The summed E-state index contributed by atoms with van der Waals surface area (Å²) in [6, 6.07) is 7.03. The van der Waals surface area contributed by atoms with E-state index >= 15 is 0 Å². The Bertz CT molecular complexity index is 934. The number of aliphatic hydroxyl groups is 1. The molecule has 3 atom stereocenters. The molecule has 0 aromatic heterocycles. The molecule has 3 heterocycles. The van der Waals surface area contributed by atoms with Crippen molar-refractivity contribution in [2.24, 2.45) is 0 Å². The Morgan fingerprint density at radius 2 is 1.76 bits per heavy atom. The Kier molecular flexibility index (Phi) is 6.48. The number of nitrogens with zero attached hydrogens (tertiary/aromatic N) is 2. The second-order valence-corrected chi connectivity index (χ2v) is 10.5. The van der Waals surface area contributed by atoms with Crippen LogP contribution in [-0.2, 0) is 14.3 Å². The Morgan fingerprint density at radius 1 is 1.09 bits per heavy atom. The monoisotopic (exact) mass is 469 g/mol. The lowest BCUT2D eigenvalue weighted by atomic mass is 9.80. The molecule has 2 N–H and O–H groups in total. The highest BCUT2D eigenvalue weighted by Crippen LogP contribution is 2.35. The number of ketones is 1. The van der Waals surface area contributed by atoms with Gasteiger partial charge in [0.05, 0.1) is 6.54 Å². The van der Waals surface area contributed by atoms with Crippen LogP contribution in [0.1, 0.15) is 66.8 Å². The van der Waals surface area contributed by atoms with Gasteiger partial charge in [0, 0.05) is 5.56 Å². The minimum Gasteiger partial charge on any atom is -0.388 e. The number of nitrogens with one attached hydrogen (secondary N) is 1. The summed E-state index contributed by atoms with van der Waals surface area (Å²) in [7, 11) is 2.14. The number of carbonyl (C=O) groups excluding carboxylic acids is 3. The fraction of sp³-hybridized carbons (Fsp3) is 0.654. The van der Waals surface area contributed by atoms with Gasteiger partial charge >= 0.3 is 0 Å². The van der Waals surface area contributed by atoms with Gasteiger partial charge in [0.25, 0.3) is 5.91 Å². The first-order chi connectivity index (χ1) is 16.4. The van der Waals surface area contributed by atoms with Crippen LogP contribution in [0.3, 0.4) is 0 Å². The van der Waals surface area contributed by atoms with E-state index in [1.807, 2.05) is 24.3 Å². The number of ether oxygens (including phenoxy) is 1. The molecular weight excluding hydrogens is 434 g/mol. The number of benzene rings is 1. The summed E-state index contributed by atoms with van der Waals surface area (Å²) in [6.45, 7) is 2.14. The fourth-order valence-electron chi connectivity index (χ4n) is 6.20. The summed E-state index contributed by atoms with van der Waals surface area (Å²) in [5, 5.41) is 13.4. The number of rotatable bonds is 4. The molecule has 8 nitrogen and oxygen atoms in total. The number of hydrogen-bond donors (Lipinski definition) is 2. The van der Waals surface area contributed by atoms with Crippen LogP contribution in [-0.4, -0.2) is 89.6 Å². The maximum absolute atomic E-state index is 13.8. The third-order valence-corrected chi connectivity index (χ3v) is 8.25. The molecule has 1 saturated carbocycles. The molecule has 34 heavy (non-hydrogen) atoms. The average molecular weight is 470 g/mol. The van der Waals surface area contributed by atoms with Crippen molar-refractivity contribution in [1.29, 1.82) is 0 Å². The second kappa shape index (κ2) is 9.40. The predicted octanol–water partition coefficient (Wildman–Crippen LogP) is 1.47. The van der Waals surface area contributed by atoms with Crippen molar-refractivity contribution in [2.45, 2.75) is 74.7 Å². The molecule has 3 saturated heterocycles. The maximum atomic E-state index is 13.8. The van der Waals surface area contributed by atoms with Gasteiger partial charge in [0.2, 0.25) is 5.91 Å². The van der Waals surface area contributed by atoms with Gasteiger partial charge in [-0.15, -0.1) is 0 Å². The van der Waals surface area contributed by atoms with E-state index in [1.54, 1.807) is 0 Å². The van der Waals surface area contributed by atoms with E-state index in [0.717, 1.165) is 45.2 Å². The number of likely N-dealkylation sites (tertiary alicyclic amines) is 2. The predicted molar refractivity (Wildman–Crippen MR) is 125 cm³/mol. The summed E-state index contributed by atoms with van der Waals surface area (Å²) in [5.74, 6) is -0.207. The van der Waals surface area contributed by atoms with Gasteiger partial charge in [-0.3, -0.25) is 14.4 Å². The molecule has 4 aliphatic rings. The van der Waals surface area contributed by atoms with E-state index in [0.29, 0.717) is 24.3 Å². The second-order valence-electron chi connectivity index (χ2n) is 10.5. The normalized spacial score (nSPS) is 29.8. The number of hydrogen-bond acceptors (Lipinski definition) is 6. The zero-order chi connectivity index (χ0) is 23.9. The fourth-order valence-corrected chi connectivity index (χ4v) is 6.20. The summed E-state index contributed by atoms with van der Waals surface area (Å²) >= 11 is 0. The summed E-state index contributed by atoms with van der Waals surface area (Å²) in [5.41, 5.74) is 0.735. The van der Waals surface area contributed by atoms with Crippen LogP contribution in [0.25, 0.3) is 0 Å². The first-order valence-corrected chi connectivity index (χ1v) is 12.6. The zero-order valence-corrected chi connectivity index (χ0v) is 19.9. The Balaban J connectivity index is 1.32.